The minimum atomic E-state index is -0.298. The lowest BCUT2D eigenvalue weighted by atomic mass is 9.97. The van der Waals surface area contributed by atoms with E-state index in [2.05, 4.69) is 10.1 Å². The zero-order chi connectivity index (χ0) is 15.5. The summed E-state index contributed by atoms with van der Waals surface area (Å²) in [5, 5.41) is 3.97. The van der Waals surface area contributed by atoms with Crippen LogP contribution in [-0.2, 0) is 4.79 Å². The first-order chi connectivity index (χ1) is 10.7. The molecule has 2 heterocycles. The van der Waals surface area contributed by atoms with Crippen LogP contribution < -0.4 is 0 Å². The molecule has 0 radical (unpaired) electrons. The number of piperidine rings is 1. The van der Waals surface area contributed by atoms with Crippen LogP contribution in [0.3, 0.4) is 0 Å². The summed E-state index contributed by atoms with van der Waals surface area (Å²) in [6.07, 6.45) is 2.38. The van der Waals surface area contributed by atoms with E-state index in [4.69, 9.17) is 4.52 Å². The van der Waals surface area contributed by atoms with Crippen molar-refractivity contribution in [1.82, 2.24) is 15.0 Å². The molecule has 1 amide bonds. The molecule has 6 heteroatoms. The largest absolute Gasteiger partial charge is 0.342 e. The average molecular weight is 303 g/mol. The summed E-state index contributed by atoms with van der Waals surface area (Å²) < 4.78 is 18.3. The Bertz CT molecular complexity index is 654. The van der Waals surface area contributed by atoms with E-state index in [1.807, 2.05) is 11.8 Å². The van der Waals surface area contributed by atoms with Crippen molar-refractivity contribution in [1.29, 1.82) is 0 Å². The van der Waals surface area contributed by atoms with Gasteiger partial charge in [0.1, 0.15) is 5.82 Å². The Kier molecular flexibility index (Phi) is 4.18. The summed E-state index contributed by atoms with van der Waals surface area (Å²) in [6, 6.07) is 5.98. The van der Waals surface area contributed by atoms with Crippen LogP contribution in [0.25, 0.3) is 11.4 Å². The number of aromatic nitrogens is 2. The monoisotopic (exact) mass is 303 g/mol. The minimum Gasteiger partial charge on any atom is -0.342 e. The maximum absolute atomic E-state index is 12.9. The predicted molar refractivity (Wildman–Crippen MR) is 78.5 cm³/mol. The van der Waals surface area contributed by atoms with Gasteiger partial charge in [0.2, 0.25) is 17.6 Å². The highest BCUT2D eigenvalue weighted by atomic mass is 19.1. The van der Waals surface area contributed by atoms with E-state index < -0.39 is 0 Å². The molecule has 22 heavy (non-hydrogen) atoms. The molecule has 116 valence electrons. The fourth-order valence-corrected chi connectivity index (χ4v) is 2.75. The summed E-state index contributed by atoms with van der Waals surface area (Å²) in [5.74, 6) is 0.935. The van der Waals surface area contributed by atoms with Crippen molar-refractivity contribution in [2.45, 2.75) is 32.1 Å². The van der Waals surface area contributed by atoms with Crippen LogP contribution in [0.4, 0.5) is 4.39 Å². The predicted octanol–water partition coefficient (Wildman–Crippen LogP) is 2.99. The number of likely N-dealkylation sites (tertiary alicyclic amines) is 1. The topological polar surface area (TPSA) is 59.2 Å². The van der Waals surface area contributed by atoms with Crippen molar-refractivity contribution in [2.75, 3.05) is 13.1 Å². The van der Waals surface area contributed by atoms with Gasteiger partial charge in [-0.15, -0.1) is 0 Å². The third kappa shape index (κ3) is 3.00. The Labute approximate surface area is 128 Å². The Morgan fingerprint density at radius 2 is 2.18 bits per heavy atom. The maximum Gasteiger partial charge on any atom is 0.231 e. The van der Waals surface area contributed by atoms with Crippen LogP contribution in [0, 0.1) is 5.82 Å². The van der Waals surface area contributed by atoms with Gasteiger partial charge in [-0.25, -0.2) is 4.39 Å². The van der Waals surface area contributed by atoms with Gasteiger partial charge in [0, 0.05) is 25.1 Å². The number of halogens is 1. The van der Waals surface area contributed by atoms with Gasteiger partial charge < -0.3 is 9.42 Å². The number of hydrogen-bond acceptors (Lipinski definition) is 4. The lowest BCUT2D eigenvalue weighted by Gasteiger charge is -2.30. The quantitative estimate of drug-likeness (QED) is 0.874. The Balaban J connectivity index is 1.75. The van der Waals surface area contributed by atoms with Crippen LogP contribution in [0.1, 0.15) is 38.0 Å². The molecule has 1 aromatic heterocycles. The van der Waals surface area contributed by atoms with Crippen molar-refractivity contribution in [2.24, 2.45) is 0 Å². The molecule has 1 unspecified atom stereocenters. The van der Waals surface area contributed by atoms with E-state index in [0.717, 1.165) is 19.4 Å². The molecular weight excluding hydrogens is 285 g/mol. The molecule has 1 fully saturated rings. The van der Waals surface area contributed by atoms with E-state index in [9.17, 15) is 9.18 Å². The molecule has 1 aliphatic rings. The third-order valence-electron chi connectivity index (χ3n) is 3.97. The molecule has 0 saturated carbocycles. The Hall–Kier alpha value is -2.24. The standard InChI is InChI=1S/C16H18FN3O2/c1-2-14(21)20-9-3-4-12(10-20)16-18-15(19-22-16)11-5-7-13(17)8-6-11/h5-8,12H,2-4,9-10H2,1H3. The van der Waals surface area contributed by atoms with Crippen LogP contribution in [0.5, 0.6) is 0 Å². The van der Waals surface area contributed by atoms with Gasteiger partial charge in [-0.2, -0.15) is 4.98 Å². The molecule has 1 aliphatic heterocycles. The molecule has 3 rings (SSSR count). The first-order valence-corrected chi connectivity index (χ1v) is 7.54. The minimum absolute atomic E-state index is 0.0750. The number of carbonyl (C=O) groups is 1. The summed E-state index contributed by atoms with van der Waals surface area (Å²) in [7, 11) is 0. The van der Waals surface area contributed by atoms with Crippen LogP contribution in [-0.4, -0.2) is 34.0 Å². The van der Waals surface area contributed by atoms with E-state index >= 15 is 0 Å². The van der Waals surface area contributed by atoms with Crippen LogP contribution >= 0.6 is 0 Å². The van der Waals surface area contributed by atoms with Gasteiger partial charge in [0.25, 0.3) is 0 Å². The van der Waals surface area contributed by atoms with Gasteiger partial charge in [-0.3, -0.25) is 4.79 Å². The molecule has 1 atom stereocenters. The number of nitrogens with zero attached hydrogens (tertiary/aromatic N) is 3. The summed E-state index contributed by atoms with van der Waals surface area (Å²) in [6.45, 7) is 3.28. The van der Waals surface area contributed by atoms with Gasteiger partial charge in [-0.05, 0) is 37.1 Å². The molecule has 0 aliphatic carbocycles. The number of rotatable bonds is 3. The van der Waals surface area contributed by atoms with Gasteiger partial charge in [0.05, 0.1) is 5.92 Å². The maximum atomic E-state index is 12.9. The number of carbonyl (C=O) groups excluding carboxylic acids is 1. The van der Waals surface area contributed by atoms with Crippen molar-refractivity contribution in [3.8, 4) is 11.4 Å². The van der Waals surface area contributed by atoms with E-state index in [1.54, 1.807) is 12.1 Å². The smallest absolute Gasteiger partial charge is 0.231 e. The van der Waals surface area contributed by atoms with Crippen molar-refractivity contribution < 1.29 is 13.7 Å². The molecule has 0 spiro atoms. The van der Waals surface area contributed by atoms with Gasteiger partial charge >= 0.3 is 0 Å². The van der Waals surface area contributed by atoms with Crippen molar-refractivity contribution in [3.63, 3.8) is 0 Å². The highest BCUT2D eigenvalue weighted by molar-refractivity contribution is 5.76. The van der Waals surface area contributed by atoms with Crippen LogP contribution in [0.2, 0.25) is 0 Å². The average Bonchev–Trinajstić information content (AvgIpc) is 3.05. The number of amides is 1. The molecule has 0 bridgehead atoms. The molecule has 1 saturated heterocycles. The fraction of sp³-hybridized carbons (Fsp3) is 0.438. The molecular formula is C16H18FN3O2. The summed E-state index contributed by atoms with van der Waals surface area (Å²) in [5.41, 5.74) is 0.716. The Morgan fingerprint density at radius 3 is 2.91 bits per heavy atom. The normalized spacial score (nSPS) is 18.5. The molecule has 5 nitrogen and oxygen atoms in total. The van der Waals surface area contributed by atoms with E-state index in [1.165, 1.54) is 12.1 Å². The zero-order valence-electron chi connectivity index (χ0n) is 12.5. The first kappa shape index (κ1) is 14.7. The second kappa shape index (κ2) is 6.25. The lowest BCUT2D eigenvalue weighted by Crippen LogP contribution is -2.38. The summed E-state index contributed by atoms with van der Waals surface area (Å²) in [4.78, 5) is 18.1. The second-order valence-electron chi connectivity index (χ2n) is 5.50. The van der Waals surface area contributed by atoms with Crippen molar-refractivity contribution >= 4 is 5.91 Å². The first-order valence-electron chi connectivity index (χ1n) is 7.54. The van der Waals surface area contributed by atoms with Gasteiger partial charge in [0.15, 0.2) is 0 Å². The Morgan fingerprint density at radius 1 is 1.41 bits per heavy atom. The van der Waals surface area contributed by atoms with E-state index in [-0.39, 0.29) is 17.6 Å². The number of hydrogen-bond donors (Lipinski definition) is 0. The molecule has 2 aromatic rings. The highest BCUT2D eigenvalue weighted by Crippen LogP contribution is 2.27. The molecule has 1 aromatic carbocycles. The number of benzene rings is 1. The van der Waals surface area contributed by atoms with E-state index in [0.29, 0.717) is 30.2 Å². The fourth-order valence-electron chi connectivity index (χ4n) is 2.75. The molecule has 0 N–H and O–H groups in total. The third-order valence-corrected chi connectivity index (χ3v) is 3.97. The highest BCUT2D eigenvalue weighted by Gasteiger charge is 2.28. The SMILES string of the molecule is CCC(=O)N1CCCC(c2nc(-c3ccc(F)cc3)no2)C1. The van der Waals surface area contributed by atoms with Gasteiger partial charge in [-0.1, -0.05) is 12.1 Å². The lowest BCUT2D eigenvalue weighted by molar-refractivity contribution is -0.132. The summed E-state index contributed by atoms with van der Waals surface area (Å²) >= 11 is 0. The zero-order valence-corrected chi connectivity index (χ0v) is 12.5. The van der Waals surface area contributed by atoms with Crippen molar-refractivity contribution in [3.05, 3.63) is 36.0 Å². The second-order valence-corrected chi connectivity index (χ2v) is 5.50. The van der Waals surface area contributed by atoms with Crippen LogP contribution in [0.15, 0.2) is 28.8 Å².